The van der Waals surface area contributed by atoms with Gasteiger partial charge in [0.25, 0.3) is 0 Å². The zero-order valence-electron chi connectivity index (χ0n) is 18.3. The molecule has 3 atom stereocenters. The average Bonchev–Trinajstić information content (AvgIpc) is 3.37. The molecular formula is C24H26Cl2FN3O2. The molecule has 0 spiro atoms. The number of ether oxygens (including phenoxy) is 2. The summed E-state index contributed by atoms with van der Waals surface area (Å²) in [5, 5.41) is 5.53. The van der Waals surface area contributed by atoms with Gasteiger partial charge in [0.05, 0.1) is 23.8 Å². The van der Waals surface area contributed by atoms with Gasteiger partial charge < -0.3 is 9.47 Å². The second-order valence-electron chi connectivity index (χ2n) is 9.22. The third kappa shape index (κ3) is 5.25. The van der Waals surface area contributed by atoms with E-state index in [9.17, 15) is 4.39 Å². The van der Waals surface area contributed by atoms with Gasteiger partial charge in [-0.1, -0.05) is 56.1 Å². The number of fused-ring (bicyclic) bond motifs is 1. The summed E-state index contributed by atoms with van der Waals surface area (Å²) in [7, 11) is 0. The van der Waals surface area contributed by atoms with Gasteiger partial charge in [0.1, 0.15) is 30.3 Å². The Morgan fingerprint density at radius 3 is 2.62 bits per heavy atom. The van der Waals surface area contributed by atoms with Crippen LogP contribution in [0.1, 0.15) is 44.4 Å². The van der Waals surface area contributed by atoms with Crippen LogP contribution in [0.15, 0.2) is 49.1 Å². The van der Waals surface area contributed by atoms with Gasteiger partial charge in [0.2, 0.25) is 0 Å². The molecule has 0 saturated heterocycles. The second kappa shape index (κ2) is 9.38. The molecule has 8 heteroatoms. The van der Waals surface area contributed by atoms with Crippen LogP contribution in [-0.2, 0) is 17.8 Å². The standard InChI is InChI=1S/C24H26Cl2FN3O2/c1-24(2,3)23(31-12-15-4-6-18(27)7-5-15)21(30-14-28-13-29-30)11-19-9-16-8-17(25)10-20(26)22(16)32-19/h4-8,10,13-14,19,21,23H,9,11-12H2,1-3H3. The van der Waals surface area contributed by atoms with Crippen molar-refractivity contribution in [3.63, 3.8) is 0 Å². The summed E-state index contributed by atoms with van der Waals surface area (Å²) in [6.07, 6.45) is 4.27. The number of hydrogen-bond donors (Lipinski definition) is 0. The van der Waals surface area contributed by atoms with E-state index >= 15 is 0 Å². The van der Waals surface area contributed by atoms with Crippen LogP contribution in [0.25, 0.3) is 0 Å². The van der Waals surface area contributed by atoms with Crippen molar-refractivity contribution in [3.05, 3.63) is 76.0 Å². The van der Waals surface area contributed by atoms with Gasteiger partial charge in [-0.05, 0) is 35.2 Å². The van der Waals surface area contributed by atoms with Gasteiger partial charge in [-0.15, -0.1) is 0 Å². The van der Waals surface area contributed by atoms with Crippen molar-refractivity contribution in [2.75, 3.05) is 0 Å². The van der Waals surface area contributed by atoms with Crippen molar-refractivity contribution in [3.8, 4) is 5.75 Å². The van der Waals surface area contributed by atoms with Gasteiger partial charge in [-0.25, -0.2) is 14.1 Å². The molecule has 0 N–H and O–H groups in total. The van der Waals surface area contributed by atoms with E-state index < -0.39 is 0 Å². The van der Waals surface area contributed by atoms with Crippen LogP contribution >= 0.6 is 23.2 Å². The Bertz CT molecular complexity index is 1050. The first kappa shape index (κ1) is 23.0. The minimum absolute atomic E-state index is 0.102. The topological polar surface area (TPSA) is 49.2 Å². The Balaban J connectivity index is 1.56. The lowest BCUT2D eigenvalue weighted by Gasteiger charge is -2.37. The van der Waals surface area contributed by atoms with Crippen molar-refractivity contribution < 1.29 is 13.9 Å². The molecule has 2 heterocycles. The van der Waals surface area contributed by atoms with Crippen LogP contribution in [0.5, 0.6) is 5.75 Å². The highest BCUT2D eigenvalue weighted by Crippen LogP contribution is 2.42. The van der Waals surface area contributed by atoms with Gasteiger partial charge in [-0.2, -0.15) is 5.10 Å². The fourth-order valence-electron chi connectivity index (χ4n) is 4.22. The molecule has 1 aromatic heterocycles. The highest BCUT2D eigenvalue weighted by Gasteiger charge is 2.38. The molecule has 1 aliphatic heterocycles. The molecule has 0 radical (unpaired) electrons. The number of aromatic nitrogens is 3. The highest BCUT2D eigenvalue weighted by atomic mass is 35.5. The molecule has 3 unspecified atom stereocenters. The van der Waals surface area contributed by atoms with E-state index in [4.69, 9.17) is 32.7 Å². The maximum atomic E-state index is 13.3. The number of benzene rings is 2. The van der Waals surface area contributed by atoms with Crippen LogP contribution in [0, 0.1) is 11.2 Å². The summed E-state index contributed by atoms with van der Waals surface area (Å²) >= 11 is 12.5. The Morgan fingerprint density at radius 2 is 1.97 bits per heavy atom. The SMILES string of the molecule is CC(C)(C)C(OCc1ccc(F)cc1)C(CC1Cc2cc(Cl)cc(Cl)c2O1)n1cncn1. The summed E-state index contributed by atoms with van der Waals surface area (Å²) in [6.45, 7) is 6.76. The summed E-state index contributed by atoms with van der Waals surface area (Å²) < 4.78 is 27.8. The fraction of sp³-hybridized carbons (Fsp3) is 0.417. The molecule has 1 aliphatic rings. The molecule has 0 fully saturated rings. The lowest BCUT2D eigenvalue weighted by Crippen LogP contribution is -2.40. The third-order valence-corrected chi connectivity index (χ3v) is 6.14. The van der Waals surface area contributed by atoms with E-state index in [-0.39, 0.29) is 29.5 Å². The zero-order chi connectivity index (χ0) is 22.9. The van der Waals surface area contributed by atoms with Crippen LogP contribution in [0.3, 0.4) is 0 Å². The lowest BCUT2D eigenvalue weighted by molar-refractivity contribution is -0.0703. The molecule has 3 aromatic rings. The molecule has 5 nitrogen and oxygen atoms in total. The molecule has 0 amide bonds. The first-order valence-electron chi connectivity index (χ1n) is 10.6. The van der Waals surface area contributed by atoms with E-state index in [0.717, 1.165) is 11.1 Å². The molecule has 32 heavy (non-hydrogen) atoms. The van der Waals surface area contributed by atoms with E-state index in [1.807, 2.05) is 10.7 Å². The summed E-state index contributed by atoms with van der Waals surface area (Å²) in [5.74, 6) is 0.427. The van der Waals surface area contributed by atoms with Gasteiger partial charge in [-0.3, -0.25) is 0 Å². The first-order chi connectivity index (χ1) is 15.2. The van der Waals surface area contributed by atoms with E-state index in [1.165, 1.54) is 18.5 Å². The summed E-state index contributed by atoms with van der Waals surface area (Å²) in [6, 6.07) is 9.83. The van der Waals surface area contributed by atoms with Crippen molar-refractivity contribution in [1.29, 1.82) is 0 Å². The second-order valence-corrected chi connectivity index (χ2v) is 10.1. The van der Waals surface area contributed by atoms with Gasteiger partial charge >= 0.3 is 0 Å². The fourth-order valence-corrected chi connectivity index (χ4v) is 4.80. The molecule has 0 bridgehead atoms. The van der Waals surface area contributed by atoms with Crippen LogP contribution < -0.4 is 4.74 Å². The molecule has 0 aliphatic carbocycles. The number of halogens is 3. The van der Waals surface area contributed by atoms with Crippen LogP contribution in [0.2, 0.25) is 10.0 Å². The Hall–Kier alpha value is -2.15. The molecule has 0 saturated carbocycles. The summed E-state index contributed by atoms with van der Waals surface area (Å²) in [5.41, 5.74) is 1.71. The quantitative estimate of drug-likeness (QED) is 0.401. The highest BCUT2D eigenvalue weighted by molar-refractivity contribution is 6.35. The van der Waals surface area contributed by atoms with E-state index in [2.05, 4.69) is 30.9 Å². The monoisotopic (exact) mass is 477 g/mol. The van der Waals surface area contributed by atoms with Crippen LogP contribution in [-0.4, -0.2) is 27.0 Å². The zero-order valence-corrected chi connectivity index (χ0v) is 19.8. The van der Waals surface area contributed by atoms with Crippen molar-refractivity contribution in [2.45, 2.75) is 58.5 Å². The predicted molar refractivity (Wildman–Crippen MR) is 123 cm³/mol. The smallest absolute Gasteiger partial charge is 0.141 e. The van der Waals surface area contributed by atoms with Gasteiger partial charge in [0, 0.05) is 23.4 Å². The van der Waals surface area contributed by atoms with Crippen molar-refractivity contribution in [2.24, 2.45) is 5.41 Å². The van der Waals surface area contributed by atoms with Crippen LogP contribution in [0.4, 0.5) is 4.39 Å². The maximum absolute atomic E-state index is 13.3. The third-order valence-electron chi connectivity index (χ3n) is 5.64. The minimum atomic E-state index is -0.265. The molecule has 4 rings (SSSR count). The largest absolute Gasteiger partial charge is 0.488 e. The molecular weight excluding hydrogens is 452 g/mol. The Kier molecular flexibility index (Phi) is 6.75. The maximum Gasteiger partial charge on any atom is 0.141 e. The Morgan fingerprint density at radius 1 is 1.22 bits per heavy atom. The lowest BCUT2D eigenvalue weighted by atomic mass is 9.82. The van der Waals surface area contributed by atoms with E-state index in [1.54, 1.807) is 24.5 Å². The van der Waals surface area contributed by atoms with Crippen molar-refractivity contribution in [1.82, 2.24) is 14.8 Å². The Labute approximate surface area is 197 Å². The number of nitrogens with zero attached hydrogens (tertiary/aromatic N) is 3. The molecule has 170 valence electrons. The molecule has 2 aromatic carbocycles. The minimum Gasteiger partial charge on any atom is -0.488 e. The normalized spacial score (nSPS) is 17.6. The number of rotatable bonds is 7. The average molecular weight is 478 g/mol. The predicted octanol–water partition coefficient (Wildman–Crippen LogP) is 6.29. The summed E-state index contributed by atoms with van der Waals surface area (Å²) in [4.78, 5) is 4.15. The van der Waals surface area contributed by atoms with Crippen molar-refractivity contribution >= 4 is 23.2 Å². The van der Waals surface area contributed by atoms with E-state index in [0.29, 0.717) is 35.2 Å². The van der Waals surface area contributed by atoms with Gasteiger partial charge in [0.15, 0.2) is 0 Å². The number of hydrogen-bond acceptors (Lipinski definition) is 4. The first-order valence-corrected chi connectivity index (χ1v) is 11.3.